The molecule has 3 rings (SSSR count). The summed E-state index contributed by atoms with van der Waals surface area (Å²) in [4.78, 5) is 12.3. The molecule has 3 N–H and O–H groups in total. The molecule has 19 heavy (non-hydrogen) atoms. The van der Waals surface area contributed by atoms with Gasteiger partial charge >= 0.3 is 0 Å². The second-order valence-corrected chi connectivity index (χ2v) is 6.20. The van der Waals surface area contributed by atoms with Crippen molar-refractivity contribution < 1.29 is 4.79 Å². The van der Waals surface area contributed by atoms with Crippen LogP contribution in [0.1, 0.15) is 55.1 Å². The number of hydrogen-bond donors (Lipinski definition) is 2. The second-order valence-electron chi connectivity index (χ2n) is 5.77. The van der Waals surface area contributed by atoms with E-state index in [4.69, 9.17) is 17.3 Å². The largest absolute Gasteiger partial charge is 0.348 e. The quantitative estimate of drug-likeness (QED) is 0.894. The SMILES string of the molecule is NC1CCC(NC(=O)c2cc(Cl)cn2C2CC2)CC1. The first-order valence-corrected chi connectivity index (χ1v) is 7.45. The Bertz CT molecular complexity index is 473. The van der Waals surface area contributed by atoms with Crippen LogP contribution in [0.25, 0.3) is 0 Å². The molecule has 1 aromatic rings. The molecule has 1 heterocycles. The minimum absolute atomic E-state index is 0.000675. The number of hydrogen-bond acceptors (Lipinski definition) is 2. The van der Waals surface area contributed by atoms with Crippen molar-refractivity contribution in [1.29, 1.82) is 0 Å². The Labute approximate surface area is 118 Å². The number of nitrogens with zero attached hydrogens (tertiary/aromatic N) is 1. The number of carbonyl (C=O) groups excluding carboxylic acids is 1. The third-order valence-corrected chi connectivity index (χ3v) is 4.30. The summed E-state index contributed by atoms with van der Waals surface area (Å²) in [5.41, 5.74) is 6.58. The van der Waals surface area contributed by atoms with Gasteiger partial charge in [0, 0.05) is 24.3 Å². The zero-order valence-electron chi connectivity index (χ0n) is 10.9. The molecule has 104 valence electrons. The fourth-order valence-electron chi connectivity index (χ4n) is 2.81. The van der Waals surface area contributed by atoms with Crippen LogP contribution in [0.15, 0.2) is 12.3 Å². The van der Waals surface area contributed by atoms with Gasteiger partial charge in [-0.3, -0.25) is 4.79 Å². The lowest BCUT2D eigenvalue weighted by Crippen LogP contribution is -2.41. The molecular formula is C14H20ClN3O. The summed E-state index contributed by atoms with van der Waals surface area (Å²) in [5, 5.41) is 3.76. The summed E-state index contributed by atoms with van der Waals surface area (Å²) >= 11 is 6.03. The van der Waals surface area contributed by atoms with Crippen LogP contribution in [0.3, 0.4) is 0 Å². The van der Waals surface area contributed by atoms with E-state index in [0.29, 0.717) is 22.8 Å². The minimum atomic E-state index is -0.000675. The van der Waals surface area contributed by atoms with Gasteiger partial charge in [-0.2, -0.15) is 0 Å². The van der Waals surface area contributed by atoms with Gasteiger partial charge in [0.15, 0.2) is 0 Å². The lowest BCUT2D eigenvalue weighted by molar-refractivity contribution is 0.0916. The summed E-state index contributed by atoms with van der Waals surface area (Å²) in [6, 6.07) is 2.80. The Balaban J connectivity index is 1.66. The van der Waals surface area contributed by atoms with Crippen LogP contribution < -0.4 is 11.1 Å². The summed E-state index contributed by atoms with van der Waals surface area (Å²) in [6.45, 7) is 0. The van der Waals surface area contributed by atoms with Gasteiger partial charge in [0.1, 0.15) is 5.69 Å². The maximum absolute atomic E-state index is 12.3. The van der Waals surface area contributed by atoms with E-state index in [1.165, 1.54) is 0 Å². The van der Waals surface area contributed by atoms with Gasteiger partial charge in [0.25, 0.3) is 5.91 Å². The van der Waals surface area contributed by atoms with E-state index in [1.54, 1.807) is 6.07 Å². The average Bonchev–Trinajstić information content (AvgIpc) is 3.15. The molecular weight excluding hydrogens is 262 g/mol. The van der Waals surface area contributed by atoms with Crippen molar-refractivity contribution >= 4 is 17.5 Å². The van der Waals surface area contributed by atoms with Gasteiger partial charge in [-0.1, -0.05) is 11.6 Å². The van der Waals surface area contributed by atoms with Gasteiger partial charge in [0.2, 0.25) is 0 Å². The number of nitrogens with two attached hydrogens (primary N) is 1. The summed E-state index contributed by atoms with van der Waals surface area (Å²) in [7, 11) is 0. The molecule has 1 aromatic heterocycles. The maximum atomic E-state index is 12.3. The second kappa shape index (κ2) is 5.17. The van der Waals surface area contributed by atoms with E-state index in [-0.39, 0.29) is 11.9 Å². The van der Waals surface area contributed by atoms with E-state index in [0.717, 1.165) is 38.5 Å². The van der Waals surface area contributed by atoms with Gasteiger partial charge < -0.3 is 15.6 Å². The first kappa shape index (κ1) is 13.0. The summed E-state index contributed by atoms with van der Waals surface area (Å²) < 4.78 is 2.02. The Morgan fingerprint density at radius 3 is 2.58 bits per heavy atom. The van der Waals surface area contributed by atoms with Crippen LogP contribution in [-0.4, -0.2) is 22.6 Å². The van der Waals surface area contributed by atoms with Crippen molar-refractivity contribution in [3.8, 4) is 0 Å². The molecule has 0 saturated heterocycles. The zero-order valence-corrected chi connectivity index (χ0v) is 11.7. The maximum Gasteiger partial charge on any atom is 0.268 e. The van der Waals surface area contributed by atoms with Crippen molar-refractivity contribution in [3.05, 3.63) is 23.0 Å². The number of halogens is 1. The molecule has 5 heteroatoms. The van der Waals surface area contributed by atoms with Crippen LogP contribution in [0.2, 0.25) is 5.02 Å². The van der Waals surface area contributed by atoms with Gasteiger partial charge in [-0.05, 0) is 44.6 Å². The molecule has 4 nitrogen and oxygen atoms in total. The lowest BCUT2D eigenvalue weighted by Gasteiger charge is -2.26. The smallest absolute Gasteiger partial charge is 0.268 e. The highest BCUT2D eigenvalue weighted by atomic mass is 35.5. The van der Waals surface area contributed by atoms with Crippen molar-refractivity contribution in [1.82, 2.24) is 9.88 Å². The molecule has 2 aliphatic carbocycles. The fraction of sp³-hybridized carbons (Fsp3) is 0.643. The molecule has 0 aliphatic heterocycles. The van der Waals surface area contributed by atoms with Crippen LogP contribution in [-0.2, 0) is 0 Å². The number of rotatable bonds is 3. The first-order valence-electron chi connectivity index (χ1n) is 7.07. The van der Waals surface area contributed by atoms with Crippen LogP contribution >= 0.6 is 11.6 Å². The average molecular weight is 282 g/mol. The topological polar surface area (TPSA) is 60.0 Å². The normalized spacial score (nSPS) is 27.3. The van der Waals surface area contributed by atoms with Gasteiger partial charge in [-0.25, -0.2) is 0 Å². The Kier molecular flexibility index (Phi) is 3.54. The third kappa shape index (κ3) is 2.95. The molecule has 0 bridgehead atoms. The van der Waals surface area contributed by atoms with E-state index in [2.05, 4.69) is 5.32 Å². The zero-order chi connectivity index (χ0) is 13.4. The van der Waals surface area contributed by atoms with E-state index in [1.807, 2.05) is 10.8 Å². The predicted octanol–water partition coefficient (Wildman–Crippen LogP) is 2.48. The highest BCUT2D eigenvalue weighted by Crippen LogP contribution is 2.37. The fourth-order valence-corrected chi connectivity index (χ4v) is 3.01. The highest BCUT2D eigenvalue weighted by Gasteiger charge is 2.29. The minimum Gasteiger partial charge on any atom is -0.348 e. The Morgan fingerprint density at radius 2 is 1.95 bits per heavy atom. The summed E-state index contributed by atoms with van der Waals surface area (Å²) in [6.07, 6.45) is 8.10. The molecule has 2 aliphatic rings. The van der Waals surface area contributed by atoms with E-state index in [9.17, 15) is 4.79 Å². The number of aromatic nitrogens is 1. The molecule has 0 spiro atoms. The molecule has 0 aromatic carbocycles. The van der Waals surface area contributed by atoms with Crippen molar-refractivity contribution in [2.24, 2.45) is 5.73 Å². The monoisotopic (exact) mass is 281 g/mol. The number of nitrogens with one attached hydrogen (secondary N) is 1. The third-order valence-electron chi connectivity index (χ3n) is 4.10. The van der Waals surface area contributed by atoms with Crippen LogP contribution in [0.5, 0.6) is 0 Å². The van der Waals surface area contributed by atoms with Crippen molar-refractivity contribution in [2.75, 3.05) is 0 Å². The molecule has 0 atom stereocenters. The van der Waals surface area contributed by atoms with Gasteiger partial charge in [0.05, 0.1) is 5.02 Å². The van der Waals surface area contributed by atoms with E-state index < -0.39 is 0 Å². The predicted molar refractivity (Wildman–Crippen MR) is 75.4 cm³/mol. The highest BCUT2D eigenvalue weighted by molar-refractivity contribution is 6.31. The lowest BCUT2D eigenvalue weighted by atomic mass is 9.92. The Hall–Kier alpha value is -1.00. The molecule has 2 saturated carbocycles. The van der Waals surface area contributed by atoms with Crippen LogP contribution in [0.4, 0.5) is 0 Å². The van der Waals surface area contributed by atoms with Gasteiger partial charge in [-0.15, -0.1) is 0 Å². The van der Waals surface area contributed by atoms with Crippen molar-refractivity contribution in [3.63, 3.8) is 0 Å². The molecule has 0 unspecified atom stereocenters. The standard InChI is InChI=1S/C14H20ClN3O/c15-9-7-13(18(8-9)12-5-6-12)14(19)17-11-3-1-10(16)2-4-11/h7-8,10-12H,1-6,16H2,(H,17,19). The van der Waals surface area contributed by atoms with E-state index >= 15 is 0 Å². The van der Waals surface area contributed by atoms with Crippen LogP contribution in [0, 0.1) is 0 Å². The van der Waals surface area contributed by atoms with Crippen molar-refractivity contribution in [2.45, 2.75) is 56.7 Å². The Morgan fingerprint density at radius 1 is 1.26 bits per heavy atom. The number of carbonyl (C=O) groups is 1. The molecule has 2 fully saturated rings. The summed E-state index contributed by atoms with van der Waals surface area (Å²) in [5.74, 6) is -0.000675. The number of amides is 1. The molecule has 1 amide bonds. The first-order chi connectivity index (χ1) is 9.13. The molecule has 0 radical (unpaired) electrons.